The van der Waals surface area contributed by atoms with Crippen LogP contribution in [0.3, 0.4) is 0 Å². The molecule has 3 N–H and O–H groups in total. The molecule has 0 radical (unpaired) electrons. The van der Waals surface area contributed by atoms with Crippen LogP contribution in [0.15, 0.2) is 29.4 Å². The molecule has 6 heteroatoms. The molecular formula is C14H22N2O4. The van der Waals surface area contributed by atoms with E-state index >= 15 is 0 Å². The fourth-order valence-corrected chi connectivity index (χ4v) is 1.44. The van der Waals surface area contributed by atoms with Gasteiger partial charge in [-0.05, 0) is 38.1 Å². The quantitative estimate of drug-likeness (QED) is 0.236. The van der Waals surface area contributed by atoms with Gasteiger partial charge in [0.1, 0.15) is 12.4 Å². The van der Waals surface area contributed by atoms with Gasteiger partial charge in [-0.15, -0.1) is 0 Å². The van der Waals surface area contributed by atoms with Crippen LogP contribution in [-0.2, 0) is 9.47 Å². The van der Waals surface area contributed by atoms with E-state index in [1.165, 1.54) is 0 Å². The minimum absolute atomic E-state index is 0.0741. The third-order valence-electron chi connectivity index (χ3n) is 2.43. The molecule has 1 rings (SSSR count). The van der Waals surface area contributed by atoms with Crippen LogP contribution in [0.4, 0.5) is 0 Å². The van der Waals surface area contributed by atoms with E-state index in [1.807, 2.05) is 13.8 Å². The van der Waals surface area contributed by atoms with Crippen molar-refractivity contribution in [3.05, 3.63) is 29.8 Å². The highest BCUT2D eigenvalue weighted by molar-refractivity contribution is 5.97. The van der Waals surface area contributed by atoms with Crippen molar-refractivity contribution < 1.29 is 19.4 Å². The third kappa shape index (κ3) is 6.40. The van der Waals surface area contributed by atoms with Crippen molar-refractivity contribution in [1.82, 2.24) is 0 Å². The number of amidine groups is 1. The summed E-state index contributed by atoms with van der Waals surface area (Å²) in [5.41, 5.74) is 6.10. The van der Waals surface area contributed by atoms with Gasteiger partial charge in [0.25, 0.3) is 0 Å². The zero-order valence-electron chi connectivity index (χ0n) is 11.9. The number of hydrogen-bond donors (Lipinski definition) is 2. The van der Waals surface area contributed by atoms with Crippen LogP contribution in [0, 0.1) is 0 Å². The summed E-state index contributed by atoms with van der Waals surface area (Å²) in [6.45, 7) is 6.09. The van der Waals surface area contributed by atoms with Crippen molar-refractivity contribution >= 4 is 5.84 Å². The summed E-state index contributed by atoms with van der Waals surface area (Å²) >= 11 is 0. The first-order chi connectivity index (χ1) is 9.63. The molecule has 20 heavy (non-hydrogen) atoms. The molecule has 0 amide bonds. The predicted molar refractivity (Wildman–Crippen MR) is 76.4 cm³/mol. The van der Waals surface area contributed by atoms with Crippen LogP contribution in [0.2, 0.25) is 0 Å². The van der Waals surface area contributed by atoms with Crippen molar-refractivity contribution in [3.63, 3.8) is 0 Å². The van der Waals surface area contributed by atoms with Gasteiger partial charge < -0.3 is 25.2 Å². The van der Waals surface area contributed by atoms with Crippen LogP contribution >= 0.6 is 0 Å². The molecule has 1 aromatic rings. The molecule has 0 unspecified atom stereocenters. The van der Waals surface area contributed by atoms with Crippen LogP contribution in [-0.4, -0.2) is 43.6 Å². The number of rotatable bonds is 9. The molecule has 0 spiro atoms. The molecule has 6 nitrogen and oxygen atoms in total. The lowest BCUT2D eigenvalue weighted by atomic mass is 10.2. The molecule has 1 aromatic carbocycles. The van der Waals surface area contributed by atoms with E-state index in [0.29, 0.717) is 37.7 Å². The first-order valence-corrected chi connectivity index (χ1v) is 6.53. The van der Waals surface area contributed by atoms with Gasteiger partial charge in [0.2, 0.25) is 0 Å². The zero-order valence-corrected chi connectivity index (χ0v) is 11.9. The largest absolute Gasteiger partial charge is 0.491 e. The number of hydrogen-bond acceptors (Lipinski definition) is 5. The highest BCUT2D eigenvalue weighted by Gasteiger charge is 2.00. The van der Waals surface area contributed by atoms with E-state index in [0.717, 1.165) is 0 Å². The highest BCUT2D eigenvalue weighted by atomic mass is 16.5. The summed E-state index contributed by atoms with van der Waals surface area (Å²) in [7, 11) is 0. The Balaban J connectivity index is 2.16. The second-order valence-corrected chi connectivity index (χ2v) is 4.39. The lowest BCUT2D eigenvalue weighted by Gasteiger charge is -2.09. The second-order valence-electron chi connectivity index (χ2n) is 4.39. The predicted octanol–water partition coefficient (Wildman–Crippen LogP) is 1.60. The summed E-state index contributed by atoms with van der Waals surface area (Å²) in [5.74, 6) is 0.784. The number of oxime groups is 1. The molecule has 0 bridgehead atoms. The maximum absolute atomic E-state index is 8.54. The van der Waals surface area contributed by atoms with Crippen molar-refractivity contribution in [2.45, 2.75) is 20.0 Å². The smallest absolute Gasteiger partial charge is 0.170 e. The fraction of sp³-hybridized carbons (Fsp3) is 0.500. The Kier molecular flexibility index (Phi) is 7.46. The van der Waals surface area contributed by atoms with Gasteiger partial charge in [0.15, 0.2) is 5.84 Å². The molecule has 0 fully saturated rings. The van der Waals surface area contributed by atoms with Gasteiger partial charge >= 0.3 is 0 Å². The summed E-state index contributed by atoms with van der Waals surface area (Å²) in [6.07, 6.45) is 0.225. The Morgan fingerprint density at radius 1 is 1.15 bits per heavy atom. The van der Waals surface area contributed by atoms with Crippen LogP contribution in [0.25, 0.3) is 0 Å². The van der Waals surface area contributed by atoms with Crippen molar-refractivity contribution in [3.8, 4) is 5.75 Å². The van der Waals surface area contributed by atoms with Gasteiger partial charge in [-0.1, -0.05) is 5.16 Å². The summed E-state index contributed by atoms with van der Waals surface area (Å²) in [6, 6.07) is 6.97. The number of nitrogens with two attached hydrogens (primary N) is 1. The topological polar surface area (TPSA) is 86.3 Å². The van der Waals surface area contributed by atoms with Crippen molar-refractivity contribution in [2.24, 2.45) is 10.9 Å². The molecule has 0 aliphatic carbocycles. The SMILES string of the molecule is CC(C)OCCOCCOc1ccc(C(N)=NO)cc1. The van der Waals surface area contributed by atoms with Gasteiger partial charge in [0, 0.05) is 5.56 Å². The van der Waals surface area contributed by atoms with E-state index in [1.54, 1.807) is 24.3 Å². The fourth-order valence-electron chi connectivity index (χ4n) is 1.44. The molecule has 0 heterocycles. The second kappa shape index (κ2) is 9.17. The van der Waals surface area contributed by atoms with Crippen LogP contribution < -0.4 is 10.5 Å². The third-order valence-corrected chi connectivity index (χ3v) is 2.43. The molecule has 0 saturated heterocycles. The van der Waals surface area contributed by atoms with Crippen LogP contribution in [0.5, 0.6) is 5.75 Å². The first kappa shape index (κ1) is 16.3. The Labute approximate surface area is 119 Å². The van der Waals surface area contributed by atoms with Gasteiger partial charge in [0.05, 0.1) is 25.9 Å². The van der Waals surface area contributed by atoms with Crippen molar-refractivity contribution in [1.29, 1.82) is 0 Å². The maximum atomic E-state index is 8.54. The van der Waals surface area contributed by atoms with E-state index in [2.05, 4.69) is 5.16 Å². The van der Waals surface area contributed by atoms with Gasteiger partial charge in [-0.3, -0.25) is 0 Å². The Hall–Kier alpha value is -1.79. The highest BCUT2D eigenvalue weighted by Crippen LogP contribution is 2.11. The minimum Gasteiger partial charge on any atom is -0.491 e. The molecule has 0 aliphatic rings. The van der Waals surface area contributed by atoms with E-state index < -0.39 is 0 Å². The number of nitrogens with zero attached hydrogens (tertiary/aromatic N) is 1. The zero-order chi connectivity index (χ0) is 14.8. The monoisotopic (exact) mass is 282 g/mol. The Bertz CT molecular complexity index is 404. The molecule has 0 atom stereocenters. The average molecular weight is 282 g/mol. The normalized spacial score (nSPS) is 11.8. The lowest BCUT2D eigenvalue weighted by Crippen LogP contribution is -2.14. The number of ether oxygens (including phenoxy) is 3. The van der Waals surface area contributed by atoms with E-state index in [9.17, 15) is 0 Å². The Morgan fingerprint density at radius 2 is 1.80 bits per heavy atom. The standard InChI is InChI=1S/C14H22N2O4/c1-11(2)19-9-7-18-8-10-20-13-5-3-12(4-6-13)14(15)16-17/h3-6,11,17H,7-10H2,1-2H3,(H2,15,16). The molecule has 112 valence electrons. The minimum atomic E-state index is 0.0741. The number of benzene rings is 1. The molecule has 0 saturated carbocycles. The van der Waals surface area contributed by atoms with E-state index in [4.69, 9.17) is 25.2 Å². The van der Waals surface area contributed by atoms with Gasteiger partial charge in [-0.25, -0.2) is 0 Å². The average Bonchev–Trinajstić information content (AvgIpc) is 2.45. The maximum Gasteiger partial charge on any atom is 0.170 e. The summed E-state index contributed by atoms with van der Waals surface area (Å²) < 4.78 is 16.2. The van der Waals surface area contributed by atoms with Gasteiger partial charge in [-0.2, -0.15) is 0 Å². The lowest BCUT2D eigenvalue weighted by molar-refractivity contribution is 0.0124. The van der Waals surface area contributed by atoms with Crippen molar-refractivity contribution in [2.75, 3.05) is 26.4 Å². The van der Waals surface area contributed by atoms with E-state index in [-0.39, 0.29) is 11.9 Å². The summed E-state index contributed by atoms with van der Waals surface area (Å²) in [4.78, 5) is 0. The summed E-state index contributed by atoms with van der Waals surface area (Å²) in [5, 5.41) is 11.5. The molecular weight excluding hydrogens is 260 g/mol. The first-order valence-electron chi connectivity index (χ1n) is 6.53. The van der Waals surface area contributed by atoms with Crippen LogP contribution in [0.1, 0.15) is 19.4 Å². The molecule has 0 aromatic heterocycles. The Morgan fingerprint density at radius 3 is 2.40 bits per heavy atom. The molecule has 0 aliphatic heterocycles.